The molecule has 29 heavy (non-hydrogen) atoms. The van der Waals surface area contributed by atoms with E-state index in [1.807, 2.05) is 30.4 Å². The number of hydrogen-bond donors (Lipinski definition) is 2. The number of aryl methyl sites for hydroxylation is 1. The highest BCUT2D eigenvalue weighted by molar-refractivity contribution is 7.12. The van der Waals surface area contributed by atoms with Crippen LogP contribution in [0.3, 0.4) is 0 Å². The molecule has 1 heterocycles. The molecule has 1 fully saturated rings. The maximum absolute atomic E-state index is 6.26. The van der Waals surface area contributed by atoms with Gasteiger partial charge in [0.15, 0.2) is 0 Å². The molecule has 2 atom stereocenters. The fourth-order valence-corrected chi connectivity index (χ4v) is 6.09. The Labute approximate surface area is 181 Å². The van der Waals surface area contributed by atoms with Crippen LogP contribution in [0.1, 0.15) is 72.8 Å². The molecule has 2 aliphatic carbocycles. The fourth-order valence-electron chi connectivity index (χ4n) is 4.52. The van der Waals surface area contributed by atoms with Gasteiger partial charge in [-0.2, -0.15) is 0 Å². The summed E-state index contributed by atoms with van der Waals surface area (Å²) in [5.74, 6) is 0.980. The standard InChI is InChI=1S/C26H36N2S/c1-6-8-10-22(18(4)27)20-12-14-24-23(16-20)25(19(5)28-15-9-7-2)26(29-24)21-13-11-17(21)3/h6,8,10,20-21,28H,1,3,5,7,9,11-16,27H2,2,4H3/b10-8-,22-18-. The van der Waals surface area contributed by atoms with Crippen LogP contribution in [-0.4, -0.2) is 6.54 Å². The highest BCUT2D eigenvalue weighted by Gasteiger charge is 2.34. The lowest BCUT2D eigenvalue weighted by molar-refractivity contribution is 0.534. The number of nitrogens with one attached hydrogen (secondary N) is 1. The van der Waals surface area contributed by atoms with Crippen molar-refractivity contribution in [1.29, 1.82) is 0 Å². The minimum atomic E-state index is 0.456. The topological polar surface area (TPSA) is 38.0 Å². The first kappa shape index (κ1) is 21.7. The number of unbranched alkanes of at least 4 members (excludes halogenated alkanes) is 1. The Bertz CT molecular complexity index is 848. The van der Waals surface area contributed by atoms with Gasteiger partial charge in [-0.25, -0.2) is 0 Å². The molecule has 0 aliphatic heterocycles. The zero-order chi connectivity index (χ0) is 21.0. The Morgan fingerprint density at radius 2 is 2.10 bits per heavy atom. The van der Waals surface area contributed by atoms with Gasteiger partial charge < -0.3 is 11.1 Å². The van der Waals surface area contributed by atoms with Gasteiger partial charge in [0.05, 0.1) is 0 Å². The Kier molecular flexibility index (Phi) is 7.23. The van der Waals surface area contributed by atoms with Crippen LogP contribution in [0.15, 0.2) is 54.8 Å². The van der Waals surface area contributed by atoms with Crippen LogP contribution < -0.4 is 11.1 Å². The first-order valence-electron chi connectivity index (χ1n) is 11.0. The van der Waals surface area contributed by atoms with E-state index in [0.717, 1.165) is 43.6 Å². The third-order valence-corrected chi connectivity index (χ3v) is 7.73. The largest absolute Gasteiger partial charge is 0.402 e. The van der Waals surface area contributed by atoms with Crippen molar-refractivity contribution in [2.45, 2.75) is 64.7 Å². The quantitative estimate of drug-likeness (QED) is 0.274. The maximum atomic E-state index is 6.26. The predicted molar refractivity (Wildman–Crippen MR) is 129 cm³/mol. The van der Waals surface area contributed by atoms with Crippen LogP contribution in [0, 0.1) is 5.92 Å². The molecule has 1 saturated carbocycles. The van der Waals surface area contributed by atoms with Gasteiger partial charge >= 0.3 is 0 Å². The zero-order valence-corrected chi connectivity index (χ0v) is 19.0. The van der Waals surface area contributed by atoms with Crippen LogP contribution in [-0.2, 0) is 12.8 Å². The van der Waals surface area contributed by atoms with Gasteiger partial charge in [0, 0.05) is 39.2 Å². The highest BCUT2D eigenvalue weighted by Crippen LogP contribution is 2.50. The van der Waals surface area contributed by atoms with E-state index in [0.29, 0.717) is 11.8 Å². The first-order valence-corrected chi connectivity index (χ1v) is 11.8. The molecule has 2 nitrogen and oxygen atoms in total. The van der Waals surface area contributed by atoms with Gasteiger partial charge in [0.1, 0.15) is 0 Å². The minimum Gasteiger partial charge on any atom is -0.402 e. The second-order valence-electron chi connectivity index (χ2n) is 8.42. The molecule has 3 heteroatoms. The summed E-state index contributed by atoms with van der Waals surface area (Å²) in [6.45, 7) is 17.8. The normalized spacial score (nSPS) is 22.1. The van der Waals surface area contributed by atoms with Crippen molar-refractivity contribution in [2.24, 2.45) is 11.7 Å². The SMILES string of the molecule is C=C/C=C\C(=C(/C)N)C1CCc2sc(C3CCC3=C)c(C(=C)NCCCC)c2C1. The zero-order valence-electron chi connectivity index (χ0n) is 18.2. The second kappa shape index (κ2) is 9.67. The molecule has 3 rings (SSSR count). The molecule has 2 unspecified atom stereocenters. The van der Waals surface area contributed by atoms with Crippen molar-refractivity contribution >= 4 is 17.0 Å². The fraction of sp³-hybridized carbons (Fsp3) is 0.462. The van der Waals surface area contributed by atoms with Crippen LogP contribution in [0.2, 0.25) is 0 Å². The molecule has 156 valence electrons. The van der Waals surface area contributed by atoms with Crippen molar-refractivity contribution < 1.29 is 0 Å². The summed E-state index contributed by atoms with van der Waals surface area (Å²) in [5, 5.41) is 3.61. The summed E-state index contributed by atoms with van der Waals surface area (Å²) >= 11 is 2.01. The molecule has 1 aromatic rings. The minimum absolute atomic E-state index is 0.456. The molecule has 0 radical (unpaired) electrons. The smallest absolute Gasteiger partial charge is 0.0355 e. The van der Waals surface area contributed by atoms with Gasteiger partial charge in [-0.3, -0.25) is 0 Å². The van der Waals surface area contributed by atoms with Crippen LogP contribution in [0.5, 0.6) is 0 Å². The van der Waals surface area contributed by atoms with Gasteiger partial charge in [-0.1, -0.05) is 56.9 Å². The van der Waals surface area contributed by atoms with Crippen LogP contribution >= 0.6 is 11.3 Å². The summed E-state index contributed by atoms with van der Waals surface area (Å²) in [5.41, 5.74) is 13.8. The van der Waals surface area contributed by atoms with E-state index in [1.165, 1.54) is 46.4 Å². The molecular weight excluding hydrogens is 372 g/mol. The van der Waals surface area contributed by atoms with Crippen molar-refractivity contribution in [3.8, 4) is 0 Å². The maximum Gasteiger partial charge on any atom is 0.0355 e. The molecular formula is C26H36N2S. The van der Waals surface area contributed by atoms with E-state index in [-0.39, 0.29) is 0 Å². The Hall–Kier alpha value is -2.00. The van der Waals surface area contributed by atoms with E-state index >= 15 is 0 Å². The van der Waals surface area contributed by atoms with Crippen LogP contribution in [0.4, 0.5) is 0 Å². The number of hydrogen-bond acceptors (Lipinski definition) is 3. The van der Waals surface area contributed by atoms with Gasteiger partial charge in [-0.15, -0.1) is 11.3 Å². The molecule has 0 spiro atoms. The van der Waals surface area contributed by atoms with Crippen LogP contribution in [0.25, 0.3) is 5.70 Å². The number of nitrogens with two attached hydrogens (primary N) is 1. The van der Waals surface area contributed by atoms with E-state index in [9.17, 15) is 0 Å². The number of rotatable bonds is 9. The lowest BCUT2D eigenvalue weighted by atomic mass is 9.75. The second-order valence-corrected chi connectivity index (χ2v) is 9.56. The lowest BCUT2D eigenvalue weighted by Crippen LogP contribution is -2.21. The third-order valence-electron chi connectivity index (χ3n) is 6.33. The number of fused-ring (bicyclic) bond motifs is 1. The summed E-state index contributed by atoms with van der Waals surface area (Å²) in [7, 11) is 0. The van der Waals surface area contributed by atoms with E-state index < -0.39 is 0 Å². The van der Waals surface area contributed by atoms with Crippen molar-refractivity contribution in [3.63, 3.8) is 0 Å². The lowest BCUT2D eigenvalue weighted by Gasteiger charge is -2.30. The molecule has 2 aliphatic rings. The van der Waals surface area contributed by atoms with Crippen molar-refractivity contribution in [3.05, 3.63) is 75.7 Å². The summed E-state index contributed by atoms with van der Waals surface area (Å²) in [6.07, 6.45) is 14.0. The van der Waals surface area contributed by atoms with Crippen molar-refractivity contribution in [2.75, 3.05) is 6.54 Å². The molecule has 1 aromatic heterocycles. The molecule has 0 aromatic carbocycles. The average Bonchev–Trinajstić information content (AvgIpc) is 3.04. The molecule has 0 saturated heterocycles. The van der Waals surface area contributed by atoms with Crippen molar-refractivity contribution in [1.82, 2.24) is 5.32 Å². The Morgan fingerprint density at radius 3 is 2.69 bits per heavy atom. The summed E-state index contributed by atoms with van der Waals surface area (Å²) < 4.78 is 0. The van der Waals surface area contributed by atoms with Gasteiger partial charge in [0.2, 0.25) is 0 Å². The Balaban J connectivity index is 1.95. The number of thiophene rings is 1. The average molecular weight is 409 g/mol. The predicted octanol–water partition coefficient (Wildman–Crippen LogP) is 6.62. The molecule has 0 amide bonds. The Morgan fingerprint density at radius 1 is 1.31 bits per heavy atom. The van der Waals surface area contributed by atoms with E-state index in [2.05, 4.69) is 38.1 Å². The van der Waals surface area contributed by atoms with E-state index in [1.54, 1.807) is 4.88 Å². The third kappa shape index (κ3) is 4.61. The van der Waals surface area contributed by atoms with Gasteiger partial charge in [-0.05, 0) is 62.5 Å². The highest BCUT2D eigenvalue weighted by atomic mass is 32.1. The summed E-state index contributed by atoms with van der Waals surface area (Å²) in [4.78, 5) is 3.05. The number of allylic oxidation sites excluding steroid dienone is 6. The first-order chi connectivity index (χ1) is 14.0. The van der Waals surface area contributed by atoms with Gasteiger partial charge in [0.25, 0.3) is 0 Å². The molecule has 0 bridgehead atoms. The molecule has 3 N–H and O–H groups in total. The monoisotopic (exact) mass is 408 g/mol. The van der Waals surface area contributed by atoms with E-state index in [4.69, 9.17) is 5.73 Å². The summed E-state index contributed by atoms with van der Waals surface area (Å²) in [6, 6.07) is 0.